The first-order valence-electron chi connectivity index (χ1n) is 8.06. The summed E-state index contributed by atoms with van der Waals surface area (Å²) in [6, 6.07) is 8.42. The lowest BCUT2D eigenvalue weighted by Gasteiger charge is -2.34. The van der Waals surface area contributed by atoms with Crippen LogP contribution in [0.3, 0.4) is 0 Å². The molecular formula is C18H23N5. The highest BCUT2D eigenvalue weighted by atomic mass is 15.3. The third kappa shape index (κ3) is 3.61. The van der Waals surface area contributed by atoms with Crippen molar-refractivity contribution < 1.29 is 0 Å². The van der Waals surface area contributed by atoms with Gasteiger partial charge in [-0.15, -0.1) is 0 Å². The number of nitriles is 1. The molecule has 3 rings (SSSR count). The summed E-state index contributed by atoms with van der Waals surface area (Å²) in [7, 11) is 1.96. The Kier molecular flexibility index (Phi) is 4.75. The van der Waals surface area contributed by atoms with Crippen LogP contribution in [0.15, 0.2) is 30.6 Å². The Bertz CT molecular complexity index is 690. The number of nitrogens with zero attached hydrogens (tertiary/aromatic N) is 5. The number of pyridine rings is 1. The lowest BCUT2D eigenvalue weighted by Crippen LogP contribution is -2.45. The molecule has 0 atom stereocenters. The zero-order valence-electron chi connectivity index (χ0n) is 13.9. The average molecular weight is 309 g/mol. The minimum atomic E-state index is 0.743. The summed E-state index contributed by atoms with van der Waals surface area (Å²) in [6.07, 6.45) is 3.77. The fourth-order valence-electron chi connectivity index (χ4n) is 3.13. The molecule has 0 radical (unpaired) electrons. The Morgan fingerprint density at radius 2 is 1.87 bits per heavy atom. The van der Waals surface area contributed by atoms with E-state index in [0.29, 0.717) is 0 Å². The fraction of sp³-hybridized carbons (Fsp3) is 0.444. The topological polar surface area (TPSA) is 48.1 Å². The van der Waals surface area contributed by atoms with Gasteiger partial charge in [0, 0.05) is 64.4 Å². The van der Waals surface area contributed by atoms with Gasteiger partial charge in [-0.3, -0.25) is 14.8 Å². The standard InChI is InChI=1S/C18H23N5/c1-15-17(10-18(11-19)21(15)2)14-23-8-6-22(7-9-23)13-16-4-3-5-20-12-16/h3-5,10,12H,6-9,13-14H2,1-2H3. The van der Waals surface area contributed by atoms with E-state index in [4.69, 9.17) is 5.26 Å². The van der Waals surface area contributed by atoms with E-state index in [1.807, 2.05) is 36.1 Å². The average Bonchev–Trinajstić information content (AvgIpc) is 2.85. The highest BCUT2D eigenvalue weighted by Crippen LogP contribution is 2.17. The number of hydrogen-bond acceptors (Lipinski definition) is 4. The van der Waals surface area contributed by atoms with Crippen molar-refractivity contribution in [3.8, 4) is 6.07 Å². The summed E-state index contributed by atoms with van der Waals surface area (Å²) < 4.78 is 1.98. The van der Waals surface area contributed by atoms with Gasteiger partial charge >= 0.3 is 0 Å². The molecule has 2 aromatic rings. The molecule has 23 heavy (non-hydrogen) atoms. The molecule has 1 saturated heterocycles. The Labute approximate surface area is 137 Å². The molecule has 5 heteroatoms. The van der Waals surface area contributed by atoms with Gasteiger partial charge in [0.25, 0.3) is 0 Å². The highest BCUT2D eigenvalue weighted by molar-refractivity contribution is 5.34. The molecule has 2 aromatic heterocycles. The second-order valence-corrected chi connectivity index (χ2v) is 6.22. The predicted molar refractivity (Wildman–Crippen MR) is 89.7 cm³/mol. The van der Waals surface area contributed by atoms with E-state index in [1.54, 1.807) is 0 Å². The first-order chi connectivity index (χ1) is 11.2. The summed E-state index contributed by atoms with van der Waals surface area (Å²) in [4.78, 5) is 9.14. The molecular weight excluding hydrogens is 286 g/mol. The summed E-state index contributed by atoms with van der Waals surface area (Å²) in [5, 5.41) is 9.14. The van der Waals surface area contributed by atoms with Crippen LogP contribution in [0.25, 0.3) is 0 Å². The van der Waals surface area contributed by atoms with Crippen LogP contribution in [0.1, 0.15) is 22.5 Å². The van der Waals surface area contributed by atoms with Crippen LogP contribution in [0.5, 0.6) is 0 Å². The van der Waals surface area contributed by atoms with Crippen molar-refractivity contribution in [3.63, 3.8) is 0 Å². The molecule has 0 aliphatic carbocycles. The number of hydrogen-bond donors (Lipinski definition) is 0. The largest absolute Gasteiger partial charge is 0.340 e. The van der Waals surface area contributed by atoms with Crippen LogP contribution < -0.4 is 0 Å². The summed E-state index contributed by atoms with van der Waals surface area (Å²) in [5.41, 5.74) is 4.48. The van der Waals surface area contributed by atoms with E-state index in [9.17, 15) is 0 Å². The van der Waals surface area contributed by atoms with Crippen LogP contribution in [-0.4, -0.2) is 45.5 Å². The Morgan fingerprint density at radius 1 is 1.17 bits per heavy atom. The van der Waals surface area contributed by atoms with E-state index in [-0.39, 0.29) is 0 Å². The van der Waals surface area contributed by atoms with Gasteiger partial charge in [-0.25, -0.2) is 0 Å². The molecule has 0 saturated carbocycles. The van der Waals surface area contributed by atoms with Crippen molar-refractivity contribution in [3.05, 3.63) is 53.1 Å². The molecule has 1 aliphatic heterocycles. The predicted octanol–water partition coefficient (Wildman–Crippen LogP) is 1.92. The van der Waals surface area contributed by atoms with Gasteiger partial charge in [0.2, 0.25) is 0 Å². The van der Waals surface area contributed by atoms with Crippen molar-refractivity contribution in [2.75, 3.05) is 26.2 Å². The molecule has 120 valence electrons. The quantitative estimate of drug-likeness (QED) is 0.866. The van der Waals surface area contributed by atoms with Crippen molar-refractivity contribution >= 4 is 0 Å². The van der Waals surface area contributed by atoms with Gasteiger partial charge in [0.05, 0.1) is 0 Å². The highest BCUT2D eigenvalue weighted by Gasteiger charge is 2.19. The molecule has 0 bridgehead atoms. The lowest BCUT2D eigenvalue weighted by molar-refractivity contribution is 0.122. The van der Waals surface area contributed by atoms with Crippen LogP contribution in [0.4, 0.5) is 0 Å². The van der Waals surface area contributed by atoms with Crippen molar-refractivity contribution in [2.24, 2.45) is 7.05 Å². The molecule has 1 aliphatic rings. The zero-order valence-corrected chi connectivity index (χ0v) is 13.9. The van der Waals surface area contributed by atoms with E-state index in [0.717, 1.165) is 45.0 Å². The Hall–Kier alpha value is -2.16. The fourth-order valence-corrected chi connectivity index (χ4v) is 3.13. The summed E-state index contributed by atoms with van der Waals surface area (Å²) in [6.45, 7) is 8.28. The van der Waals surface area contributed by atoms with Crippen molar-refractivity contribution in [1.82, 2.24) is 19.4 Å². The van der Waals surface area contributed by atoms with Gasteiger partial charge in [-0.1, -0.05) is 6.07 Å². The minimum Gasteiger partial charge on any atom is -0.340 e. The maximum atomic E-state index is 9.14. The number of rotatable bonds is 4. The van der Waals surface area contributed by atoms with Gasteiger partial charge in [0.1, 0.15) is 11.8 Å². The first kappa shape index (κ1) is 15.7. The SMILES string of the molecule is Cc1c(CN2CCN(Cc3cccnc3)CC2)cc(C#N)n1C. The van der Waals surface area contributed by atoms with E-state index in [2.05, 4.69) is 33.8 Å². The maximum absolute atomic E-state index is 9.14. The minimum absolute atomic E-state index is 0.743. The van der Waals surface area contributed by atoms with E-state index in [1.165, 1.54) is 16.8 Å². The normalized spacial score (nSPS) is 16.4. The molecule has 1 fully saturated rings. The van der Waals surface area contributed by atoms with Crippen molar-refractivity contribution in [2.45, 2.75) is 20.0 Å². The number of piperazine rings is 1. The van der Waals surface area contributed by atoms with Crippen LogP contribution >= 0.6 is 0 Å². The molecule has 0 unspecified atom stereocenters. The van der Waals surface area contributed by atoms with Crippen LogP contribution in [0.2, 0.25) is 0 Å². The Balaban J connectivity index is 1.54. The van der Waals surface area contributed by atoms with E-state index < -0.39 is 0 Å². The second-order valence-electron chi connectivity index (χ2n) is 6.22. The molecule has 3 heterocycles. The first-order valence-corrected chi connectivity index (χ1v) is 8.06. The monoisotopic (exact) mass is 309 g/mol. The smallest absolute Gasteiger partial charge is 0.120 e. The van der Waals surface area contributed by atoms with Crippen LogP contribution in [-0.2, 0) is 20.1 Å². The zero-order chi connectivity index (χ0) is 16.2. The molecule has 0 spiro atoms. The van der Waals surface area contributed by atoms with Gasteiger partial charge in [-0.05, 0) is 30.2 Å². The lowest BCUT2D eigenvalue weighted by atomic mass is 10.2. The van der Waals surface area contributed by atoms with Gasteiger partial charge < -0.3 is 4.57 Å². The third-order valence-electron chi connectivity index (χ3n) is 4.74. The van der Waals surface area contributed by atoms with Gasteiger partial charge in [0.15, 0.2) is 0 Å². The third-order valence-corrected chi connectivity index (χ3v) is 4.74. The molecule has 0 amide bonds. The second kappa shape index (κ2) is 6.95. The van der Waals surface area contributed by atoms with Gasteiger partial charge in [-0.2, -0.15) is 5.26 Å². The van der Waals surface area contributed by atoms with Crippen LogP contribution in [0, 0.1) is 18.3 Å². The Morgan fingerprint density at radius 3 is 2.43 bits per heavy atom. The molecule has 0 N–H and O–H groups in total. The molecule has 5 nitrogen and oxygen atoms in total. The molecule has 0 aromatic carbocycles. The maximum Gasteiger partial charge on any atom is 0.120 e. The number of aromatic nitrogens is 2. The van der Waals surface area contributed by atoms with Crippen molar-refractivity contribution in [1.29, 1.82) is 5.26 Å². The van der Waals surface area contributed by atoms with E-state index >= 15 is 0 Å². The summed E-state index contributed by atoms with van der Waals surface area (Å²) in [5.74, 6) is 0. The summed E-state index contributed by atoms with van der Waals surface area (Å²) >= 11 is 0.